The second-order valence-electron chi connectivity index (χ2n) is 8.92. The minimum absolute atomic E-state index is 0.0435. The van der Waals surface area contributed by atoms with Crippen LogP contribution in [0.25, 0.3) is 10.9 Å². The quantitative estimate of drug-likeness (QED) is 0.675. The number of anilines is 1. The number of nitrogens with one attached hydrogen (secondary N) is 1. The smallest absolute Gasteiger partial charge is 0.251 e. The lowest BCUT2D eigenvalue weighted by Gasteiger charge is -2.43. The fourth-order valence-corrected chi connectivity index (χ4v) is 4.91. The van der Waals surface area contributed by atoms with Gasteiger partial charge in [-0.3, -0.25) is 4.79 Å². The molecule has 0 spiro atoms. The van der Waals surface area contributed by atoms with Crippen LogP contribution < -0.4 is 10.5 Å². The van der Waals surface area contributed by atoms with Crippen LogP contribution in [0, 0.1) is 17.2 Å². The molecule has 30 heavy (non-hydrogen) atoms. The molecule has 0 bridgehead atoms. The summed E-state index contributed by atoms with van der Waals surface area (Å²) in [6, 6.07) is 19.4. The van der Waals surface area contributed by atoms with Crippen LogP contribution in [-0.4, -0.2) is 18.1 Å². The predicted octanol–water partition coefficient (Wildman–Crippen LogP) is 4.96. The zero-order valence-electron chi connectivity index (χ0n) is 18.2. The Morgan fingerprint density at radius 3 is 2.73 bits per heavy atom. The number of hydrogen-bond donors (Lipinski definition) is 1. The molecule has 0 saturated carbocycles. The number of nitriles is 1. The van der Waals surface area contributed by atoms with E-state index in [1.165, 1.54) is 11.3 Å². The van der Waals surface area contributed by atoms with Crippen LogP contribution in [-0.2, 0) is 18.3 Å². The second kappa shape index (κ2) is 7.65. The van der Waals surface area contributed by atoms with Crippen molar-refractivity contribution >= 4 is 16.6 Å². The van der Waals surface area contributed by atoms with E-state index >= 15 is 0 Å². The van der Waals surface area contributed by atoms with Gasteiger partial charge in [0.25, 0.3) is 5.56 Å². The van der Waals surface area contributed by atoms with E-state index in [2.05, 4.69) is 54.2 Å². The van der Waals surface area contributed by atoms with E-state index < -0.39 is 5.41 Å². The van der Waals surface area contributed by atoms with Crippen molar-refractivity contribution in [3.63, 3.8) is 0 Å². The molecule has 0 amide bonds. The number of hydrogen-bond acceptors (Lipinski definition) is 3. The molecule has 0 aliphatic carbocycles. The van der Waals surface area contributed by atoms with Gasteiger partial charge in [-0.25, -0.2) is 0 Å². The van der Waals surface area contributed by atoms with E-state index in [9.17, 15) is 10.1 Å². The third-order valence-electron chi connectivity index (χ3n) is 6.87. The summed E-state index contributed by atoms with van der Waals surface area (Å²) in [4.78, 5) is 17.6. The summed E-state index contributed by atoms with van der Waals surface area (Å²) in [6.07, 6.45) is 2.46. The van der Waals surface area contributed by atoms with E-state index in [0.717, 1.165) is 34.9 Å². The normalized spacial score (nSPS) is 20.4. The minimum atomic E-state index is -0.645. The summed E-state index contributed by atoms with van der Waals surface area (Å²) in [5.74, 6) is 0.449. The van der Waals surface area contributed by atoms with Gasteiger partial charge in [-0.2, -0.15) is 5.26 Å². The zero-order valence-corrected chi connectivity index (χ0v) is 18.2. The average molecular weight is 400 g/mol. The lowest BCUT2D eigenvalue weighted by atomic mass is 9.73. The van der Waals surface area contributed by atoms with Gasteiger partial charge in [0, 0.05) is 29.9 Å². The summed E-state index contributed by atoms with van der Waals surface area (Å²) in [5, 5.41) is 11.2. The molecule has 3 aromatic rings. The fourth-order valence-electron chi connectivity index (χ4n) is 4.91. The average Bonchev–Trinajstić information content (AvgIpc) is 2.75. The van der Waals surface area contributed by atoms with Crippen LogP contribution in [0.5, 0.6) is 0 Å². The van der Waals surface area contributed by atoms with E-state index in [-0.39, 0.29) is 11.6 Å². The first-order valence-electron chi connectivity index (χ1n) is 10.7. The molecular weight excluding hydrogens is 370 g/mol. The number of aromatic amines is 1. The van der Waals surface area contributed by atoms with Crippen LogP contribution in [0.1, 0.15) is 43.9 Å². The molecule has 0 saturated heterocycles. The number of benzene rings is 2. The Hall–Kier alpha value is -3.06. The third kappa shape index (κ3) is 3.39. The minimum Gasteiger partial charge on any atom is -0.371 e. The maximum Gasteiger partial charge on any atom is 0.251 e. The third-order valence-corrected chi connectivity index (χ3v) is 6.87. The molecule has 4 nitrogen and oxygen atoms in total. The van der Waals surface area contributed by atoms with Gasteiger partial charge in [-0.15, -0.1) is 0 Å². The van der Waals surface area contributed by atoms with E-state index in [1.807, 2.05) is 38.1 Å². The van der Waals surface area contributed by atoms with E-state index in [0.29, 0.717) is 12.3 Å². The molecule has 1 aromatic heterocycles. The molecule has 0 radical (unpaired) electrons. The topological polar surface area (TPSA) is 59.9 Å². The molecule has 4 heteroatoms. The maximum absolute atomic E-state index is 12.3. The van der Waals surface area contributed by atoms with E-state index in [1.54, 1.807) is 0 Å². The van der Waals surface area contributed by atoms with Gasteiger partial charge in [0.1, 0.15) is 0 Å². The molecule has 1 aliphatic heterocycles. The molecule has 2 aromatic carbocycles. The molecule has 2 heterocycles. The summed E-state index contributed by atoms with van der Waals surface area (Å²) in [7, 11) is 2.14. The highest BCUT2D eigenvalue weighted by atomic mass is 16.1. The highest BCUT2D eigenvalue weighted by molar-refractivity contribution is 5.80. The highest BCUT2D eigenvalue weighted by Crippen LogP contribution is 2.39. The van der Waals surface area contributed by atoms with Gasteiger partial charge in [0.15, 0.2) is 0 Å². The Morgan fingerprint density at radius 1 is 1.23 bits per heavy atom. The maximum atomic E-state index is 12.3. The number of fused-ring (bicyclic) bond motifs is 2. The SMILES string of the molecule is CCc1cc2ccc(C(C)(C#N)CC3C(C)Cc4ccccc4N3C)cc2[nH]c1=O. The van der Waals surface area contributed by atoms with Crippen LogP contribution >= 0.6 is 0 Å². The lowest BCUT2D eigenvalue weighted by molar-refractivity contribution is 0.349. The number of rotatable bonds is 4. The van der Waals surface area contributed by atoms with Crippen LogP contribution in [0.3, 0.4) is 0 Å². The fraction of sp³-hybridized carbons (Fsp3) is 0.385. The van der Waals surface area contributed by atoms with Crippen molar-refractivity contribution in [2.24, 2.45) is 5.92 Å². The van der Waals surface area contributed by atoms with Crippen LogP contribution in [0.15, 0.2) is 53.3 Å². The van der Waals surface area contributed by atoms with Gasteiger partial charge in [-0.1, -0.05) is 44.2 Å². The van der Waals surface area contributed by atoms with Gasteiger partial charge in [-0.05, 0) is 66.8 Å². The molecule has 1 N–H and O–H groups in total. The van der Waals surface area contributed by atoms with Crippen molar-refractivity contribution in [3.05, 3.63) is 75.6 Å². The Bertz CT molecular complexity index is 1190. The Kier molecular flexibility index (Phi) is 5.15. The summed E-state index contributed by atoms with van der Waals surface area (Å²) in [6.45, 7) is 6.28. The standard InChI is InChI=1S/C26H29N3O/c1-5-18-13-19-10-11-21(14-22(19)28-25(18)30)26(3,16-27)15-24-17(2)12-20-8-6-7-9-23(20)29(24)4/h6-11,13-14,17,24H,5,12,15H2,1-4H3,(H,28,30). The molecule has 0 fully saturated rings. The monoisotopic (exact) mass is 399 g/mol. The number of pyridine rings is 1. The van der Waals surface area contributed by atoms with Gasteiger partial charge in [0.2, 0.25) is 0 Å². The Labute approximate surface area is 178 Å². The van der Waals surface area contributed by atoms with Crippen molar-refractivity contribution in [1.82, 2.24) is 4.98 Å². The Morgan fingerprint density at radius 2 is 2.00 bits per heavy atom. The van der Waals surface area contributed by atoms with E-state index in [4.69, 9.17) is 0 Å². The van der Waals surface area contributed by atoms with Crippen molar-refractivity contribution < 1.29 is 0 Å². The first kappa shape index (κ1) is 20.2. The summed E-state index contributed by atoms with van der Waals surface area (Å²) < 4.78 is 0. The second-order valence-corrected chi connectivity index (χ2v) is 8.92. The number of H-pyrrole nitrogens is 1. The first-order valence-corrected chi connectivity index (χ1v) is 10.7. The Balaban J connectivity index is 1.70. The van der Waals surface area contributed by atoms with Gasteiger partial charge in [0.05, 0.1) is 11.5 Å². The van der Waals surface area contributed by atoms with Crippen LogP contribution in [0.2, 0.25) is 0 Å². The van der Waals surface area contributed by atoms with Gasteiger partial charge < -0.3 is 9.88 Å². The molecule has 3 atom stereocenters. The molecule has 3 unspecified atom stereocenters. The molecule has 4 rings (SSSR count). The number of aromatic nitrogens is 1. The number of aryl methyl sites for hydroxylation is 1. The number of nitrogens with zero attached hydrogens (tertiary/aromatic N) is 2. The summed E-state index contributed by atoms with van der Waals surface area (Å²) >= 11 is 0. The lowest BCUT2D eigenvalue weighted by Crippen LogP contribution is -2.45. The molecule has 154 valence electrons. The molecular formula is C26H29N3O. The number of para-hydroxylation sites is 1. The van der Waals surface area contributed by atoms with Crippen LogP contribution in [0.4, 0.5) is 5.69 Å². The highest BCUT2D eigenvalue weighted by Gasteiger charge is 2.37. The van der Waals surface area contributed by atoms with Gasteiger partial charge >= 0.3 is 0 Å². The largest absolute Gasteiger partial charge is 0.371 e. The molecule has 1 aliphatic rings. The van der Waals surface area contributed by atoms with Crippen molar-refractivity contribution in [2.75, 3.05) is 11.9 Å². The first-order chi connectivity index (χ1) is 14.4. The van der Waals surface area contributed by atoms with Crippen molar-refractivity contribution in [3.8, 4) is 6.07 Å². The zero-order chi connectivity index (χ0) is 21.5. The summed E-state index contributed by atoms with van der Waals surface area (Å²) in [5.41, 5.74) is 4.48. The van der Waals surface area contributed by atoms with Crippen molar-refractivity contribution in [1.29, 1.82) is 5.26 Å². The predicted molar refractivity (Wildman–Crippen MR) is 123 cm³/mol. The van der Waals surface area contributed by atoms with Crippen molar-refractivity contribution in [2.45, 2.75) is 51.5 Å².